The van der Waals surface area contributed by atoms with Gasteiger partial charge in [0.1, 0.15) is 6.04 Å². The van der Waals surface area contributed by atoms with Gasteiger partial charge >= 0.3 is 5.97 Å². The molecule has 2 N–H and O–H groups in total. The zero-order valence-corrected chi connectivity index (χ0v) is 10.5. The minimum Gasteiger partial charge on any atom is -0.480 e. The number of nitrogens with one attached hydrogen (secondary N) is 1. The lowest BCUT2D eigenvalue weighted by atomic mass is 10.1. The van der Waals surface area contributed by atoms with Crippen LogP contribution in [0.2, 0.25) is 0 Å². The number of aliphatic carboxylic acids is 1. The maximum atomic E-state index is 11.1. The molecule has 1 aromatic rings. The highest BCUT2D eigenvalue weighted by atomic mass is 16.4. The first-order chi connectivity index (χ1) is 8.09. The number of carboxylic acid groups (broad SMARTS) is 1. The maximum absolute atomic E-state index is 11.1. The zero-order chi connectivity index (χ0) is 12.7. The molecule has 1 rings (SSSR count). The van der Waals surface area contributed by atoms with Crippen LogP contribution in [-0.2, 0) is 11.2 Å². The molecular weight excluding hydrogens is 214 g/mol. The number of hydrogen-bond donors (Lipinski definition) is 2. The number of benzene rings is 1. The molecule has 0 spiro atoms. The van der Waals surface area contributed by atoms with Crippen LogP contribution in [-0.4, -0.2) is 23.7 Å². The highest BCUT2D eigenvalue weighted by Crippen LogP contribution is 2.04. The molecule has 17 heavy (non-hydrogen) atoms. The lowest BCUT2D eigenvalue weighted by Crippen LogP contribution is -2.39. The summed E-state index contributed by atoms with van der Waals surface area (Å²) in [6.07, 6.45) is 1.53. The van der Waals surface area contributed by atoms with Crippen molar-refractivity contribution in [2.45, 2.75) is 32.7 Å². The molecule has 94 valence electrons. The monoisotopic (exact) mass is 235 g/mol. The Hall–Kier alpha value is -1.35. The number of hydrogen-bond acceptors (Lipinski definition) is 2. The molecule has 0 saturated heterocycles. The Morgan fingerprint density at radius 1 is 1.29 bits per heavy atom. The van der Waals surface area contributed by atoms with Crippen LogP contribution in [0.4, 0.5) is 0 Å². The van der Waals surface area contributed by atoms with Crippen molar-refractivity contribution in [1.29, 1.82) is 0 Å². The van der Waals surface area contributed by atoms with E-state index in [4.69, 9.17) is 5.11 Å². The topological polar surface area (TPSA) is 49.3 Å². The molecule has 0 aromatic heterocycles. The van der Waals surface area contributed by atoms with E-state index < -0.39 is 12.0 Å². The van der Waals surface area contributed by atoms with Gasteiger partial charge in [0.15, 0.2) is 0 Å². The van der Waals surface area contributed by atoms with E-state index in [9.17, 15) is 4.79 Å². The third kappa shape index (κ3) is 5.50. The summed E-state index contributed by atoms with van der Waals surface area (Å²) >= 11 is 0. The van der Waals surface area contributed by atoms with Crippen LogP contribution < -0.4 is 5.32 Å². The normalized spacial score (nSPS) is 12.6. The smallest absolute Gasteiger partial charge is 0.321 e. The molecule has 0 bridgehead atoms. The Kier molecular flexibility index (Phi) is 5.70. The van der Waals surface area contributed by atoms with Crippen LogP contribution in [0.15, 0.2) is 30.3 Å². The fourth-order valence-electron chi connectivity index (χ4n) is 1.64. The van der Waals surface area contributed by atoms with Gasteiger partial charge in [-0.1, -0.05) is 44.2 Å². The molecular formula is C14H21NO2. The van der Waals surface area contributed by atoms with Crippen LogP contribution in [0, 0.1) is 5.92 Å². The van der Waals surface area contributed by atoms with Crippen molar-refractivity contribution in [1.82, 2.24) is 5.32 Å². The standard InChI is InChI=1S/C14H21NO2/c1-11(2)8-9-15-13(14(16)17)10-12-6-4-3-5-7-12/h3-7,11,13,15H,8-10H2,1-2H3,(H,16,17)/t13-/m0/s1. The fraction of sp³-hybridized carbons (Fsp3) is 0.500. The van der Waals surface area contributed by atoms with Gasteiger partial charge in [-0.3, -0.25) is 4.79 Å². The van der Waals surface area contributed by atoms with E-state index >= 15 is 0 Å². The molecule has 0 saturated carbocycles. The summed E-state index contributed by atoms with van der Waals surface area (Å²) in [5.74, 6) is -0.189. The van der Waals surface area contributed by atoms with Gasteiger partial charge in [0.2, 0.25) is 0 Å². The Labute approximate surface area is 103 Å². The molecule has 1 aromatic carbocycles. The van der Waals surface area contributed by atoms with Gasteiger partial charge in [-0.2, -0.15) is 0 Å². The third-order valence-electron chi connectivity index (χ3n) is 2.69. The van der Waals surface area contributed by atoms with Crippen molar-refractivity contribution in [3.63, 3.8) is 0 Å². The third-order valence-corrected chi connectivity index (χ3v) is 2.69. The first kappa shape index (κ1) is 13.7. The van der Waals surface area contributed by atoms with Gasteiger partial charge < -0.3 is 10.4 Å². The van der Waals surface area contributed by atoms with Crippen LogP contribution in [0.5, 0.6) is 0 Å². The SMILES string of the molecule is CC(C)CCN[C@@H](Cc1ccccc1)C(=O)O. The van der Waals surface area contributed by atoms with E-state index in [0.29, 0.717) is 12.3 Å². The summed E-state index contributed by atoms with van der Waals surface area (Å²) in [7, 11) is 0. The van der Waals surface area contributed by atoms with E-state index in [1.165, 1.54) is 0 Å². The average Bonchev–Trinajstić information content (AvgIpc) is 2.28. The van der Waals surface area contributed by atoms with Crippen molar-refractivity contribution in [2.24, 2.45) is 5.92 Å². The first-order valence-corrected chi connectivity index (χ1v) is 6.09. The number of carboxylic acids is 1. The van der Waals surface area contributed by atoms with Crippen molar-refractivity contribution >= 4 is 5.97 Å². The molecule has 0 heterocycles. The summed E-state index contributed by atoms with van der Waals surface area (Å²) in [6.45, 7) is 5.02. The zero-order valence-electron chi connectivity index (χ0n) is 10.5. The van der Waals surface area contributed by atoms with E-state index in [0.717, 1.165) is 18.5 Å². The summed E-state index contributed by atoms with van der Waals surface area (Å²) in [6, 6.07) is 9.23. The number of rotatable bonds is 7. The molecule has 3 nitrogen and oxygen atoms in total. The fourth-order valence-corrected chi connectivity index (χ4v) is 1.64. The molecule has 1 atom stereocenters. The van der Waals surface area contributed by atoms with E-state index in [-0.39, 0.29) is 0 Å². The predicted octanol–water partition coefficient (Wildman–Crippen LogP) is 2.32. The van der Waals surface area contributed by atoms with Gasteiger partial charge in [0.05, 0.1) is 0 Å². The second-order valence-electron chi connectivity index (χ2n) is 4.72. The van der Waals surface area contributed by atoms with Crippen molar-refractivity contribution in [3.05, 3.63) is 35.9 Å². The van der Waals surface area contributed by atoms with Gasteiger partial charge in [0, 0.05) is 0 Å². The largest absolute Gasteiger partial charge is 0.480 e. The van der Waals surface area contributed by atoms with E-state index in [1.807, 2.05) is 30.3 Å². The summed E-state index contributed by atoms with van der Waals surface area (Å²) in [5, 5.41) is 12.2. The Bertz CT molecular complexity index is 335. The maximum Gasteiger partial charge on any atom is 0.321 e. The minimum absolute atomic E-state index is 0.490. The summed E-state index contributed by atoms with van der Waals surface area (Å²) < 4.78 is 0. The molecule has 0 aliphatic carbocycles. The van der Waals surface area contributed by atoms with Crippen LogP contribution in [0.3, 0.4) is 0 Å². The van der Waals surface area contributed by atoms with Crippen LogP contribution >= 0.6 is 0 Å². The summed E-state index contributed by atoms with van der Waals surface area (Å²) in [5.41, 5.74) is 1.05. The molecule has 0 aliphatic heterocycles. The minimum atomic E-state index is -0.780. The molecule has 0 aliphatic rings. The number of carbonyl (C=O) groups is 1. The van der Waals surface area contributed by atoms with Crippen molar-refractivity contribution < 1.29 is 9.90 Å². The molecule has 0 radical (unpaired) electrons. The van der Waals surface area contributed by atoms with Crippen LogP contribution in [0.1, 0.15) is 25.8 Å². The second kappa shape index (κ2) is 7.07. The first-order valence-electron chi connectivity index (χ1n) is 6.09. The van der Waals surface area contributed by atoms with Gasteiger partial charge in [-0.05, 0) is 30.9 Å². The highest BCUT2D eigenvalue weighted by Gasteiger charge is 2.16. The molecule has 0 amide bonds. The highest BCUT2D eigenvalue weighted by molar-refractivity contribution is 5.73. The van der Waals surface area contributed by atoms with Crippen molar-refractivity contribution in [2.75, 3.05) is 6.54 Å². The Morgan fingerprint density at radius 3 is 2.47 bits per heavy atom. The van der Waals surface area contributed by atoms with Gasteiger partial charge in [0.25, 0.3) is 0 Å². The molecule has 0 unspecified atom stereocenters. The van der Waals surface area contributed by atoms with Gasteiger partial charge in [-0.25, -0.2) is 0 Å². The molecule has 0 fully saturated rings. The van der Waals surface area contributed by atoms with E-state index in [1.54, 1.807) is 0 Å². The Morgan fingerprint density at radius 2 is 1.94 bits per heavy atom. The lowest BCUT2D eigenvalue weighted by Gasteiger charge is -2.15. The lowest BCUT2D eigenvalue weighted by molar-refractivity contribution is -0.139. The van der Waals surface area contributed by atoms with Crippen molar-refractivity contribution in [3.8, 4) is 0 Å². The summed E-state index contributed by atoms with van der Waals surface area (Å²) in [4.78, 5) is 11.1. The molecule has 3 heteroatoms. The quantitative estimate of drug-likeness (QED) is 0.762. The average molecular weight is 235 g/mol. The predicted molar refractivity (Wildman–Crippen MR) is 69.0 cm³/mol. The van der Waals surface area contributed by atoms with Crippen LogP contribution in [0.25, 0.3) is 0 Å². The van der Waals surface area contributed by atoms with E-state index in [2.05, 4.69) is 19.2 Å². The van der Waals surface area contributed by atoms with Gasteiger partial charge in [-0.15, -0.1) is 0 Å². The Balaban J connectivity index is 2.47. The second-order valence-corrected chi connectivity index (χ2v) is 4.72.